The highest BCUT2D eigenvalue weighted by Gasteiger charge is 2.47. The van der Waals surface area contributed by atoms with E-state index in [9.17, 15) is 14.4 Å². The molecule has 1 saturated heterocycles. The molecule has 160 valence electrons. The summed E-state index contributed by atoms with van der Waals surface area (Å²) in [4.78, 5) is 38.6. The zero-order chi connectivity index (χ0) is 22.4. The minimum absolute atomic E-state index is 0.284. The van der Waals surface area contributed by atoms with Gasteiger partial charge in [-0.25, -0.2) is 4.79 Å². The van der Waals surface area contributed by atoms with Gasteiger partial charge in [0.2, 0.25) is 5.91 Å². The zero-order valence-corrected chi connectivity index (χ0v) is 17.5. The van der Waals surface area contributed by atoms with Crippen molar-refractivity contribution in [2.45, 2.75) is 31.7 Å². The van der Waals surface area contributed by atoms with Crippen molar-refractivity contribution in [3.8, 4) is 11.8 Å². The Morgan fingerprint density at radius 1 is 1.13 bits per heavy atom. The topological polar surface area (TPSA) is 112 Å². The van der Waals surface area contributed by atoms with Gasteiger partial charge in [-0.15, -0.1) is 0 Å². The molecule has 0 aromatic heterocycles. The van der Waals surface area contributed by atoms with E-state index >= 15 is 0 Å². The van der Waals surface area contributed by atoms with Crippen molar-refractivity contribution in [3.05, 3.63) is 59.7 Å². The maximum Gasteiger partial charge on any atom is 0.325 e. The Morgan fingerprint density at radius 2 is 1.77 bits per heavy atom. The van der Waals surface area contributed by atoms with Crippen LogP contribution in [0.25, 0.3) is 0 Å². The number of anilines is 1. The van der Waals surface area contributed by atoms with Gasteiger partial charge in [0.1, 0.15) is 17.8 Å². The van der Waals surface area contributed by atoms with E-state index in [0.717, 1.165) is 21.8 Å². The second-order valence-corrected chi connectivity index (χ2v) is 7.58. The second-order valence-electron chi connectivity index (χ2n) is 7.58. The van der Waals surface area contributed by atoms with Crippen molar-refractivity contribution in [2.75, 3.05) is 19.0 Å². The number of nitrogens with zero attached hydrogens (tertiary/aromatic N) is 2. The third kappa shape index (κ3) is 5.20. The Hall–Kier alpha value is -3.86. The van der Waals surface area contributed by atoms with Crippen molar-refractivity contribution < 1.29 is 19.1 Å². The molecular formula is C23H24N4O4. The fourth-order valence-electron chi connectivity index (χ4n) is 3.39. The van der Waals surface area contributed by atoms with Gasteiger partial charge < -0.3 is 15.4 Å². The number of urea groups is 1. The highest BCUT2D eigenvalue weighted by atomic mass is 16.5. The number of methoxy groups -OCH3 is 1. The molecule has 3 rings (SSSR count). The van der Waals surface area contributed by atoms with E-state index in [2.05, 4.69) is 16.7 Å². The van der Waals surface area contributed by atoms with Crippen molar-refractivity contribution >= 4 is 23.5 Å². The summed E-state index contributed by atoms with van der Waals surface area (Å²) in [5.74, 6) is -0.154. The first kappa shape index (κ1) is 21.8. The average molecular weight is 420 g/mol. The van der Waals surface area contributed by atoms with Crippen LogP contribution in [0.15, 0.2) is 48.5 Å². The molecule has 8 nitrogen and oxygen atoms in total. The number of ether oxygens (including phenoxy) is 1. The Kier molecular flexibility index (Phi) is 6.55. The number of imide groups is 1. The third-order valence-electron chi connectivity index (χ3n) is 5.24. The molecule has 0 unspecified atom stereocenters. The van der Waals surface area contributed by atoms with Gasteiger partial charge in [0.15, 0.2) is 0 Å². The Labute approximate surface area is 180 Å². The van der Waals surface area contributed by atoms with E-state index in [1.807, 2.05) is 24.3 Å². The predicted octanol–water partition coefficient (Wildman–Crippen LogP) is 2.64. The summed E-state index contributed by atoms with van der Waals surface area (Å²) >= 11 is 0. The molecular weight excluding hydrogens is 396 g/mol. The molecule has 31 heavy (non-hydrogen) atoms. The lowest BCUT2D eigenvalue weighted by Gasteiger charge is -2.21. The molecule has 2 N–H and O–H groups in total. The molecule has 1 aliphatic heterocycles. The number of rotatable bonds is 8. The number of carbonyl (C=O) groups is 3. The van der Waals surface area contributed by atoms with Crippen LogP contribution in [0.2, 0.25) is 0 Å². The number of aryl methyl sites for hydroxylation is 1. The molecule has 4 amide bonds. The maximum atomic E-state index is 12.9. The number of nitriles is 1. The summed E-state index contributed by atoms with van der Waals surface area (Å²) < 4.78 is 5.14. The maximum absolute atomic E-state index is 12.9. The van der Waals surface area contributed by atoms with Crippen molar-refractivity contribution in [1.29, 1.82) is 5.26 Å². The number of hydrogen-bond acceptors (Lipinski definition) is 5. The van der Waals surface area contributed by atoms with Gasteiger partial charge in [0.05, 0.1) is 19.6 Å². The summed E-state index contributed by atoms with van der Waals surface area (Å²) in [5.41, 5.74) is 1.30. The highest BCUT2D eigenvalue weighted by Crippen LogP contribution is 2.24. The van der Waals surface area contributed by atoms with Crippen LogP contribution in [-0.2, 0) is 22.4 Å². The summed E-state index contributed by atoms with van der Waals surface area (Å²) in [6.45, 7) is 1.30. The van der Waals surface area contributed by atoms with Crippen molar-refractivity contribution in [2.24, 2.45) is 0 Å². The number of hydrogen-bond donors (Lipinski definition) is 2. The van der Waals surface area contributed by atoms with Crippen LogP contribution >= 0.6 is 0 Å². The fraction of sp³-hybridized carbons (Fsp3) is 0.304. The van der Waals surface area contributed by atoms with Gasteiger partial charge >= 0.3 is 6.03 Å². The number of nitrogens with one attached hydrogen (secondary N) is 2. The number of benzene rings is 2. The fourth-order valence-corrected chi connectivity index (χ4v) is 3.39. The van der Waals surface area contributed by atoms with E-state index in [1.165, 1.54) is 0 Å². The molecule has 0 aliphatic carbocycles. The molecule has 8 heteroatoms. The molecule has 0 saturated carbocycles. The standard InChI is InChI=1S/C23H24N4O4/c1-23(13-11-16-5-9-19(31-2)10-6-16)21(29)27(22(30)26-23)15-20(28)25-18-7-3-17(4-8-18)12-14-24/h3-10H,11-13,15H2,1-2H3,(H,25,28)(H,26,30)/t23-/m1/s1. The summed E-state index contributed by atoms with van der Waals surface area (Å²) in [5, 5.41) is 14.1. The van der Waals surface area contributed by atoms with Crippen LogP contribution in [-0.4, -0.2) is 41.9 Å². The van der Waals surface area contributed by atoms with Crippen molar-refractivity contribution in [1.82, 2.24) is 10.2 Å². The van der Waals surface area contributed by atoms with Crippen LogP contribution in [0.4, 0.5) is 10.5 Å². The first-order valence-corrected chi connectivity index (χ1v) is 9.87. The first-order chi connectivity index (χ1) is 14.8. The van der Waals surface area contributed by atoms with Crippen LogP contribution in [0.1, 0.15) is 24.5 Å². The van der Waals surface area contributed by atoms with E-state index in [1.54, 1.807) is 38.3 Å². The quantitative estimate of drug-likeness (QED) is 0.638. The van der Waals surface area contributed by atoms with Crippen LogP contribution in [0.5, 0.6) is 5.75 Å². The van der Waals surface area contributed by atoms with Gasteiger partial charge in [-0.05, 0) is 55.2 Å². The van der Waals surface area contributed by atoms with E-state index < -0.39 is 23.4 Å². The van der Waals surface area contributed by atoms with E-state index in [-0.39, 0.29) is 13.0 Å². The largest absolute Gasteiger partial charge is 0.497 e. The third-order valence-corrected chi connectivity index (χ3v) is 5.24. The molecule has 1 fully saturated rings. The lowest BCUT2D eigenvalue weighted by Crippen LogP contribution is -2.45. The minimum atomic E-state index is -1.07. The minimum Gasteiger partial charge on any atom is -0.497 e. The molecule has 0 spiro atoms. The molecule has 1 aliphatic rings. The van der Waals surface area contributed by atoms with E-state index in [4.69, 9.17) is 10.00 Å². The van der Waals surface area contributed by atoms with Gasteiger partial charge in [0.25, 0.3) is 5.91 Å². The Morgan fingerprint density at radius 3 is 2.39 bits per heavy atom. The normalized spacial score (nSPS) is 17.8. The highest BCUT2D eigenvalue weighted by molar-refractivity contribution is 6.09. The molecule has 1 atom stereocenters. The predicted molar refractivity (Wildman–Crippen MR) is 114 cm³/mol. The van der Waals surface area contributed by atoms with E-state index in [0.29, 0.717) is 18.5 Å². The summed E-state index contributed by atoms with van der Waals surface area (Å²) in [7, 11) is 1.59. The van der Waals surface area contributed by atoms with Crippen LogP contribution < -0.4 is 15.4 Å². The van der Waals surface area contributed by atoms with Gasteiger partial charge in [-0.1, -0.05) is 24.3 Å². The zero-order valence-electron chi connectivity index (χ0n) is 17.5. The molecule has 0 bridgehead atoms. The number of carbonyl (C=O) groups excluding carboxylic acids is 3. The Balaban J connectivity index is 1.58. The monoisotopic (exact) mass is 420 g/mol. The molecule has 0 radical (unpaired) electrons. The lowest BCUT2D eigenvalue weighted by molar-refractivity contribution is -0.133. The lowest BCUT2D eigenvalue weighted by atomic mass is 9.93. The second kappa shape index (κ2) is 9.30. The smallest absolute Gasteiger partial charge is 0.325 e. The molecule has 1 heterocycles. The molecule has 2 aromatic carbocycles. The van der Waals surface area contributed by atoms with Crippen LogP contribution in [0.3, 0.4) is 0 Å². The number of amides is 4. The average Bonchev–Trinajstić information content (AvgIpc) is 2.97. The van der Waals surface area contributed by atoms with Crippen molar-refractivity contribution in [3.63, 3.8) is 0 Å². The van der Waals surface area contributed by atoms with Crippen LogP contribution in [0, 0.1) is 11.3 Å². The first-order valence-electron chi connectivity index (χ1n) is 9.87. The SMILES string of the molecule is COc1ccc(CC[C@@]2(C)NC(=O)N(CC(=O)Nc3ccc(CC#N)cc3)C2=O)cc1. The molecule has 2 aromatic rings. The summed E-state index contributed by atoms with van der Waals surface area (Å²) in [6, 6.07) is 15.8. The summed E-state index contributed by atoms with van der Waals surface area (Å²) in [6.07, 6.45) is 1.27. The van der Waals surface area contributed by atoms with Gasteiger partial charge in [-0.3, -0.25) is 14.5 Å². The van der Waals surface area contributed by atoms with Gasteiger partial charge in [0, 0.05) is 5.69 Å². The Bertz CT molecular complexity index is 1010. The van der Waals surface area contributed by atoms with Gasteiger partial charge in [-0.2, -0.15) is 5.26 Å².